The normalized spacial score (nSPS) is 10.9. The third-order valence-electron chi connectivity index (χ3n) is 5.13. The minimum Gasteiger partial charge on any atom is -0.488 e. The van der Waals surface area contributed by atoms with E-state index in [0.717, 1.165) is 39.7 Å². The van der Waals surface area contributed by atoms with Crippen molar-refractivity contribution in [3.8, 4) is 16.9 Å². The van der Waals surface area contributed by atoms with E-state index in [-0.39, 0.29) is 19.0 Å². The Morgan fingerprint density at radius 1 is 0.935 bits per heavy atom. The third kappa shape index (κ3) is 4.74. The highest BCUT2D eigenvalue weighted by atomic mass is 19.2. The Labute approximate surface area is 178 Å². The quantitative estimate of drug-likeness (QED) is 0.384. The SMILES string of the molecule is COC(=O)CCc1ccc(OCc2ccc(F)c(F)c2)c(-c2ccc3[nH]ccc3c2)c1. The lowest BCUT2D eigenvalue weighted by atomic mass is 9.98. The summed E-state index contributed by atoms with van der Waals surface area (Å²) in [7, 11) is 1.37. The molecule has 0 saturated heterocycles. The molecule has 6 heteroatoms. The predicted molar refractivity (Wildman–Crippen MR) is 115 cm³/mol. The molecule has 1 heterocycles. The van der Waals surface area contributed by atoms with Crippen LogP contribution >= 0.6 is 0 Å². The summed E-state index contributed by atoms with van der Waals surface area (Å²) >= 11 is 0. The van der Waals surface area contributed by atoms with Crippen LogP contribution in [0.1, 0.15) is 17.5 Å². The largest absolute Gasteiger partial charge is 0.488 e. The summed E-state index contributed by atoms with van der Waals surface area (Å²) in [6.45, 7) is 0.0953. The molecule has 1 N–H and O–H groups in total. The number of aryl methyl sites for hydroxylation is 1. The number of carbonyl (C=O) groups excluding carboxylic acids is 1. The second-order valence-corrected chi connectivity index (χ2v) is 7.22. The van der Waals surface area contributed by atoms with E-state index in [2.05, 4.69) is 11.1 Å². The predicted octanol–water partition coefficient (Wildman–Crippen LogP) is 5.80. The van der Waals surface area contributed by atoms with Gasteiger partial charge in [0.25, 0.3) is 0 Å². The maximum atomic E-state index is 13.5. The maximum absolute atomic E-state index is 13.5. The molecule has 0 amide bonds. The summed E-state index contributed by atoms with van der Waals surface area (Å²) in [5, 5.41) is 1.06. The highest BCUT2D eigenvalue weighted by Crippen LogP contribution is 2.34. The fraction of sp³-hybridized carbons (Fsp3) is 0.160. The van der Waals surface area contributed by atoms with E-state index in [9.17, 15) is 13.6 Å². The Kier molecular flexibility index (Phi) is 5.98. The van der Waals surface area contributed by atoms with E-state index in [1.807, 2.05) is 42.6 Å². The van der Waals surface area contributed by atoms with Gasteiger partial charge in [-0.1, -0.05) is 18.2 Å². The Morgan fingerprint density at radius 2 is 1.77 bits per heavy atom. The van der Waals surface area contributed by atoms with Crippen LogP contribution < -0.4 is 4.74 Å². The second-order valence-electron chi connectivity index (χ2n) is 7.22. The van der Waals surface area contributed by atoms with Crippen molar-refractivity contribution < 1.29 is 23.0 Å². The van der Waals surface area contributed by atoms with Gasteiger partial charge in [0.15, 0.2) is 11.6 Å². The number of hydrogen-bond donors (Lipinski definition) is 1. The number of fused-ring (bicyclic) bond motifs is 1. The molecule has 0 fully saturated rings. The average molecular weight is 421 g/mol. The number of aromatic nitrogens is 1. The molecule has 4 rings (SSSR count). The van der Waals surface area contributed by atoms with Crippen molar-refractivity contribution in [1.29, 1.82) is 0 Å². The molecule has 0 aliphatic heterocycles. The van der Waals surface area contributed by atoms with E-state index in [0.29, 0.717) is 17.7 Å². The lowest BCUT2D eigenvalue weighted by Crippen LogP contribution is -2.03. The molecule has 0 unspecified atom stereocenters. The van der Waals surface area contributed by atoms with Gasteiger partial charge in [-0.2, -0.15) is 0 Å². The molecule has 0 bridgehead atoms. The van der Waals surface area contributed by atoms with Crippen LogP contribution in [0.25, 0.3) is 22.0 Å². The van der Waals surface area contributed by atoms with Crippen molar-refractivity contribution in [2.75, 3.05) is 7.11 Å². The Bertz CT molecular complexity index is 1230. The first-order chi connectivity index (χ1) is 15.0. The molecule has 158 valence electrons. The van der Waals surface area contributed by atoms with Gasteiger partial charge in [-0.05, 0) is 71.0 Å². The molecule has 1 aromatic heterocycles. The van der Waals surface area contributed by atoms with Gasteiger partial charge in [0.1, 0.15) is 12.4 Å². The number of nitrogens with one attached hydrogen (secondary N) is 1. The number of aromatic amines is 1. The molecule has 31 heavy (non-hydrogen) atoms. The Morgan fingerprint density at radius 3 is 2.58 bits per heavy atom. The fourth-order valence-electron chi connectivity index (χ4n) is 3.44. The minimum atomic E-state index is -0.905. The van der Waals surface area contributed by atoms with Gasteiger partial charge in [0.2, 0.25) is 0 Å². The summed E-state index contributed by atoms with van der Waals surface area (Å²) in [5.41, 5.74) is 4.32. The maximum Gasteiger partial charge on any atom is 0.305 e. The summed E-state index contributed by atoms with van der Waals surface area (Å²) in [6, 6.07) is 17.4. The molecule has 4 aromatic rings. The minimum absolute atomic E-state index is 0.0953. The van der Waals surface area contributed by atoms with Gasteiger partial charge in [-0.3, -0.25) is 4.79 Å². The molecule has 0 radical (unpaired) electrons. The van der Waals surface area contributed by atoms with E-state index in [1.165, 1.54) is 13.2 Å². The van der Waals surface area contributed by atoms with Gasteiger partial charge in [0.05, 0.1) is 7.11 Å². The van der Waals surface area contributed by atoms with E-state index in [4.69, 9.17) is 9.47 Å². The Hall–Kier alpha value is -3.67. The number of halogens is 2. The van der Waals surface area contributed by atoms with Gasteiger partial charge < -0.3 is 14.5 Å². The molecule has 0 saturated carbocycles. The zero-order valence-electron chi connectivity index (χ0n) is 17.0. The smallest absolute Gasteiger partial charge is 0.305 e. The molecule has 0 aliphatic rings. The van der Waals surface area contributed by atoms with Gasteiger partial charge in [-0.25, -0.2) is 8.78 Å². The molecular formula is C25H21F2NO3. The first-order valence-electron chi connectivity index (χ1n) is 9.87. The monoisotopic (exact) mass is 421 g/mol. The van der Waals surface area contributed by atoms with E-state index in [1.54, 1.807) is 0 Å². The van der Waals surface area contributed by atoms with Crippen molar-refractivity contribution in [3.05, 3.63) is 89.6 Å². The zero-order chi connectivity index (χ0) is 21.8. The lowest BCUT2D eigenvalue weighted by molar-refractivity contribution is -0.140. The number of methoxy groups -OCH3 is 1. The van der Waals surface area contributed by atoms with Crippen LogP contribution in [0, 0.1) is 11.6 Å². The summed E-state index contributed by atoms with van der Waals surface area (Å²) in [6.07, 6.45) is 2.69. The van der Waals surface area contributed by atoms with Crippen molar-refractivity contribution >= 4 is 16.9 Å². The number of ether oxygens (including phenoxy) is 2. The third-order valence-corrected chi connectivity index (χ3v) is 5.13. The average Bonchev–Trinajstić information content (AvgIpc) is 3.26. The van der Waals surface area contributed by atoms with Crippen LogP contribution in [-0.2, 0) is 22.6 Å². The summed E-state index contributed by atoms with van der Waals surface area (Å²) in [4.78, 5) is 14.7. The number of benzene rings is 3. The van der Waals surface area contributed by atoms with Crippen molar-refractivity contribution in [2.45, 2.75) is 19.4 Å². The first kappa shape index (κ1) is 20.6. The number of H-pyrrole nitrogens is 1. The van der Waals surface area contributed by atoms with Crippen LogP contribution in [0.15, 0.2) is 66.9 Å². The van der Waals surface area contributed by atoms with E-state index < -0.39 is 11.6 Å². The van der Waals surface area contributed by atoms with Gasteiger partial charge in [-0.15, -0.1) is 0 Å². The van der Waals surface area contributed by atoms with Gasteiger partial charge >= 0.3 is 5.97 Å². The second kappa shape index (κ2) is 9.00. The van der Waals surface area contributed by atoms with Crippen molar-refractivity contribution in [2.24, 2.45) is 0 Å². The van der Waals surface area contributed by atoms with Gasteiger partial charge in [0, 0.05) is 23.7 Å². The highest BCUT2D eigenvalue weighted by molar-refractivity contribution is 5.86. The van der Waals surface area contributed by atoms with Crippen LogP contribution in [-0.4, -0.2) is 18.1 Å². The van der Waals surface area contributed by atoms with Crippen LogP contribution in [0.3, 0.4) is 0 Å². The topological polar surface area (TPSA) is 51.3 Å². The number of hydrogen-bond acceptors (Lipinski definition) is 3. The van der Waals surface area contributed by atoms with Crippen LogP contribution in [0.4, 0.5) is 8.78 Å². The van der Waals surface area contributed by atoms with E-state index >= 15 is 0 Å². The molecule has 4 nitrogen and oxygen atoms in total. The number of esters is 1. The summed E-state index contributed by atoms with van der Waals surface area (Å²) in [5.74, 6) is -1.45. The zero-order valence-corrected chi connectivity index (χ0v) is 17.0. The molecule has 0 spiro atoms. The van der Waals surface area contributed by atoms with Crippen molar-refractivity contribution in [3.63, 3.8) is 0 Å². The molecule has 3 aromatic carbocycles. The summed E-state index contributed by atoms with van der Waals surface area (Å²) < 4.78 is 37.4. The molecule has 0 aliphatic carbocycles. The van der Waals surface area contributed by atoms with Crippen LogP contribution in [0.2, 0.25) is 0 Å². The molecule has 0 atom stereocenters. The highest BCUT2D eigenvalue weighted by Gasteiger charge is 2.12. The standard InChI is InChI=1S/C25H21F2NO3/c1-30-25(29)9-4-16-3-8-24(31-15-17-2-6-21(26)22(27)13-17)20(12-16)18-5-7-23-19(14-18)10-11-28-23/h2-3,5-8,10-14,28H,4,9,15H2,1H3. The number of rotatable bonds is 7. The molecular weight excluding hydrogens is 400 g/mol. The van der Waals surface area contributed by atoms with Crippen LogP contribution in [0.5, 0.6) is 5.75 Å². The Balaban J connectivity index is 1.65. The lowest BCUT2D eigenvalue weighted by Gasteiger charge is -2.14. The fourth-order valence-corrected chi connectivity index (χ4v) is 3.44. The number of carbonyl (C=O) groups is 1. The first-order valence-corrected chi connectivity index (χ1v) is 9.87. The van der Waals surface area contributed by atoms with Crippen molar-refractivity contribution in [1.82, 2.24) is 4.98 Å².